The van der Waals surface area contributed by atoms with Crippen molar-refractivity contribution < 1.29 is 14.3 Å². The minimum atomic E-state index is -0.350. The molecule has 0 saturated carbocycles. The number of nitrogens with one attached hydrogen (secondary N) is 2. The number of anilines is 1. The minimum Gasteiger partial charge on any atom is -0.493 e. The van der Waals surface area contributed by atoms with Crippen molar-refractivity contribution in [1.82, 2.24) is 5.32 Å². The number of halogens is 1. The summed E-state index contributed by atoms with van der Waals surface area (Å²) in [5.41, 5.74) is 0.687. The number of benzene rings is 2. The highest BCUT2D eigenvalue weighted by molar-refractivity contribution is 9.10. The minimum absolute atomic E-state index is 0.0384. The molecule has 0 aliphatic carbocycles. The molecule has 0 spiro atoms. The van der Waals surface area contributed by atoms with Crippen molar-refractivity contribution in [2.75, 3.05) is 19.2 Å². The van der Waals surface area contributed by atoms with E-state index in [2.05, 4.69) is 26.6 Å². The predicted molar refractivity (Wildman–Crippen MR) is 84.8 cm³/mol. The monoisotopic (exact) mass is 350 g/mol. The van der Waals surface area contributed by atoms with Gasteiger partial charge in [0.1, 0.15) is 0 Å². The molecule has 2 aromatic rings. The molecule has 0 aliphatic heterocycles. The lowest BCUT2D eigenvalue weighted by Gasteiger charge is -2.12. The molecule has 0 unspecified atom stereocenters. The van der Waals surface area contributed by atoms with Crippen molar-refractivity contribution in [3.05, 3.63) is 53.0 Å². The highest BCUT2D eigenvalue weighted by Crippen LogP contribution is 2.25. The van der Waals surface area contributed by atoms with Crippen molar-refractivity contribution in [2.24, 2.45) is 0 Å². The van der Waals surface area contributed by atoms with Crippen LogP contribution in [0.4, 0.5) is 10.5 Å². The fourth-order valence-electron chi connectivity index (χ4n) is 1.65. The topological polar surface area (TPSA) is 59.6 Å². The number of ether oxygens (including phenoxy) is 2. The molecule has 0 fully saturated rings. The maximum atomic E-state index is 11.8. The Labute approximate surface area is 131 Å². The Bertz CT molecular complexity index is 619. The molecule has 0 aromatic heterocycles. The fourth-order valence-corrected chi connectivity index (χ4v) is 2.03. The van der Waals surface area contributed by atoms with Gasteiger partial charge in [-0.25, -0.2) is 4.79 Å². The molecule has 0 bridgehead atoms. The molecular weight excluding hydrogens is 336 g/mol. The number of methoxy groups -OCH3 is 1. The third-order valence-electron chi connectivity index (χ3n) is 2.65. The molecule has 21 heavy (non-hydrogen) atoms. The highest BCUT2D eigenvalue weighted by atomic mass is 79.9. The van der Waals surface area contributed by atoms with Crippen LogP contribution in [-0.2, 0) is 0 Å². The molecule has 2 aromatic carbocycles. The van der Waals surface area contributed by atoms with Crippen LogP contribution in [0.3, 0.4) is 0 Å². The molecule has 110 valence electrons. The van der Waals surface area contributed by atoms with Gasteiger partial charge in [0.25, 0.3) is 0 Å². The Morgan fingerprint density at radius 2 is 1.76 bits per heavy atom. The number of para-hydroxylation sites is 3. The van der Waals surface area contributed by atoms with Gasteiger partial charge in [0, 0.05) is 4.47 Å². The number of hydrogen-bond donors (Lipinski definition) is 2. The Morgan fingerprint density at radius 1 is 1.10 bits per heavy atom. The largest absolute Gasteiger partial charge is 0.493 e. The van der Waals surface area contributed by atoms with Crippen LogP contribution in [0, 0.1) is 0 Å². The van der Waals surface area contributed by atoms with Crippen LogP contribution < -0.4 is 20.1 Å². The maximum Gasteiger partial charge on any atom is 0.321 e. The van der Waals surface area contributed by atoms with E-state index in [1.165, 1.54) is 0 Å². The predicted octanol–water partition coefficient (Wildman–Crippen LogP) is 3.62. The van der Waals surface area contributed by atoms with E-state index in [1.807, 2.05) is 30.3 Å². The normalized spacial score (nSPS) is 9.81. The number of carbonyl (C=O) groups is 1. The van der Waals surface area contributed by atoms with Crippen LogP contribution in [-0.4, -0.2) is 19.9 Å². The third kappa shape index (κ3) is 4.39. The van der Waals surface area contributed by atoms with Gasteiger partial charge >= 0.3 is 6.03 Å². The summed E-state index contributed by atoms with van der Waals surface area (Å²) >= 11 is 3.36. The van der Waals surface area contributed by atoms with Gasteiger partial charge in [-0.1, -0.05) is 24.3 Å². The summed E-state index contributed by atoms with van der Waals surface area (Å²) in [6, 6.07) is 14.2. The third-order valence-corrected chi connectivity index (χ3v) is 3.34. The Balaban J connectivity index is 1.83. The van der Waals surface area contributed by atoms with Gasteiger partial charge in [0.15, 0.2) is 18.2 Å². The molecule has 2 N–H and O–H groups in total. The zero-order chi connectivity index (χ0) is 15.1. The van der Waals surface area contributed by atoms with E-state index >= 15 is 0 Å². The lowest BCUT2D eigenvalue weighted by Crippen LogP contribution is -2.32. The van der Waals surface area contributed by atoms with Crippen molar-refractivity contribution >= 4 is 27.6 Å². The molecule has 0 radical (unpaired) electrons. The van der Waals surface area contributed by atoms with E-state index in [-0.39, 0.29) is 12.8 Å². The van der Waals surface area contributed by atoms with Gasteiger partial charge in [0.05, 0.1) is 12.8 Å². The first kappa shape index (κ1) is 15.2. The lowest BCUT2D eigenvalue weighted by atomic mass is 10.3. The molecular formula is C15H15BrN2O3. The van der Waals surface area contributed by atoms with Gasteiger partial charge in [-0.05, 0) is 40.2 Å². The number of urea groups is 1. The molecule has 0 saturated heterocycles. The van der Waals surface area contributed by atoms with Crippen LogP contribution in [0.5, 0.6) is 11.5 Å². The van der Waals surface area contributed by atoms with Gasteiger partial charge in [-0.3, -0.25) is 0 Å². The van der Waals surface area contributed by atoms with Crippen LogP contribution in [0.2, 0.25) is 0 Å². The summed E-state index contributed by atoms with van der Waals surface area (Å²) in [5.74, 6) is 1.19. The Hall–Kier alpha value is -2.21. The second kappa shape index (κ2) is 7.54. The Kier molecular flexibility index (Phi) is 5.45. The Morgan fingerprint density at radius 3 is 2.48 bits per heavy atom. The zero-order valence-electron chi connectivity index (χ0n) is 11.4. The lowest BCUT2D eigenvalue weighted by molar-refractivity contribution is 0.231. The van der Waals surface area contributed by atoms with Crippen molar-refractivity contribution in [1.29, 1.82) is 0 Å². The van der Waals surface area contributed by atoms with Crippen molar-refractivity contribution in [2.45, 2.75) is 0 Å². The summed E-state index contributed by atoms with van der Waals surface area (Å²) < 4.78 is 11.4. The quantitative estimate of drug-likeness (QED) is 0.809. The summed E-state index contributed by atoms with van der Waals surface area (Å²) in [4.78, 5) is 11.8. The van der Waals surface area contributed by atoms with Gasteiger partial charge in [0.2, 0.25) is 0 Å². The first-order valence-electron chi connectivity index (χ1n) is 6.26. The second-order valence-electron chi connectivity index (χ2n) is 4.05. The number of rotatable bonds is 5. The van der Waals surface area contributed by atoms with E-state index in [4.69, 9.17) is 9.47 Å². The first-order chi connectivity index (χ1) is 10.2. The van der Waals surface area contributed by atoms with Crippen molar-refractivity contribution in [3.8, 4) is 11.5 Å². The molecule has 2 rings (SSSR count). The molecule has 5 nitrogen and oxygen atoms in total. The summed E-state index contributed by atoms with van der Waals surface area (Å²) in [7, 11) is 1.56. The van der Waals surface area contributed by atoms with Crippen LogP contribution in [0.1, 0.15) is 0 Å². The van der Waals surface area contributed by atoms with Gasteiger partial charge in [-0.15, -0.1) is 0 Å². The van der Waals surface area contributed by atoms with E-state index in [1.54, 1.807) is 25.3 Å². The maximum absolute atomic E-state index is 11.8. The average Bonchev–Trinajstić information content (AvgIpc) is 2.50. The molecule has 0 atom stereocenters. The summed E-state index contributed by atoms with van der Waals surface area (Å²) in [6.07, 6.45) is 0. The second-order valence-corrected chi connectivity index (χ2v) is 4.90. The number of hydrogen-bond acceptors (Lipinski definition) is 3. The van der Waals surface area contributed by atoms with E-state index < -0.39 is 0 Å². The summed E-state index contributed by atoms with van der Waals surface area (Å²) in [5, 5.41) is 5.33. The van der Waals surface area contributed by atoms with E-state index in [0.717, 1.165) is 4.47 Å². The number of amides is 2. The fraction of sp³-hybridized carbons (Fsp3) is 0.133. The number of carbonyl (C=O) groups excluding carboxylic acids is 1. The van der Waals surface area contributed by atoms with Crippen molar-refractivity contribution in [3.63, 3.8) is 0 Å². The SMILES string of the molecule is COc1ccccc1OCNC(=O)Nc1ccccc1Br. The van der Waals surface area contributed by atoms with Crippen LogP contribution >= 0.6 is 15.9 Å². The molecule has 0 aliphatic rings. The summed E-state index contributed by atoms with van der Waals surface area (Å²) in [6.45, 7) is 0.0384. The van der Waals surface area contributed by atoms with Gasteiger partial charge in [-0.2, -0.15) is 0 Å². The molecule has 0 heterocycles. The zero-order valence-corrected chi connectivity index (χ0v) is 13.0. The van der Waals surface area contributed by atoms with E-state index in [0.29, 0.717) is 17.2 Å². The van der Waals surface area contributed by atoms with Gasteiger partial charge < -0.3 is 20.1 Å². The molecule has 6 heteroatoms. The average molecular weight is 351 g/mol. The highest BCUT2D eigenvalue weighted by Gasteiger charge is 2.06. The van der Waals surface area contributed by atoms with E-state index in [9.17, 15) is 4.79 Å². The smallest absolute Gasteiger partial charge is 0.321 e. The first-order valence-corrected chi connectivity index (χ1v) is 7.05. The molecule has 2 amide bonds. The van der Waals surface area contributed by atoms with Crippen LogP contribution in [0.25, 0.3) is 0 Å². The standard InChI is InChI=1S/C15H15BrN2O3/c1-20-13-8-4-5-9-14(13)21-10-17-15(19)18-12-7-3-2-6-11(12)16/h2-9H,10H2,1H3,(H2,17,18,19). The van der Waals surface area contributed by atoms with Crippen LogP contribution in [0.15, 0.2) is 53.0 Å².